The van der Waals surface area contributed by atoms with Crippen LogP contribution in [-0.2, 0) is 38.1 Å². The first-order chi connectivity index (χ1) is 10.4. The van der Waals surface area contributed by atoms with Gasteiger partial charge in [0.1, 0.15) is 0 Å². The number of hydrogen-bond donors (Lipinski definition) is 2. The molecule has 2 aromatic carbocycles. The standard InChI is InChI=1S/C14H14.2CH3NS2.Ca/c1-3-7-13(8-4-1)11-12-14-9-5-2-6-10-14;2*2-1(3)4;/h1-10H,11-12H2;2*(H3,2,3,4);/q;;;+2/p-2. The van der Waals surface area contributed by atoms with Crippen molar-refractivity contribution in [2.24, 2.45) is 11.5 Å². The van der Waals surface area contributed by atoms with Gasteiger partial charge in [-0.3, -0.25) is 0 Å². The summed E-state index contributed by atoms with van der Waals surface area (Å²) in [6.45, 7) is 0. The van der Waals surface area contributed by atoms with Gasteiger partial charge < -0.3 is 61.2 Å². The number of nitrogens with two attached hydrogens (primary N) is 2. The third-order valence-corrected chi connectivity index (χ3v) is 2.39. The Morgan fingerprint density at radius 3 is 1.13 bits per heavy atom. The second kappa shape index (κ2) is 16.8. The summed E-state index contributed by atoms with van der Waals surface area (Å²) in [5.74, 6) is 0. The predicted molar refractivity (Wildman–Crippen MR) is 114 cm³/mol. The van der Waals surface area contributed by atoms with Crippen molar-refractivity contribution in [1.82, 2.24) is 0 Å². The Morgan fingerprint density at radius 2 is 0.913 bits per heavy atom. The van der Waals surface area contributed by atoms with Crippen molar-refractivity contribution >= 4 is 96.1 Å². The fraction of sp³-hybridized carbons (Fsp3) is 0.125. The van der Waals surface area contributed by atoms with E-state index in [1.54, 1.807) is 0 Å². The van der Waals surface area contributed by atoms with Crippen molar-refractivity contribution in [3.05, 3.63) is 71.8 Å². The Hall–Kier alpha value is -0.0803. The Balaban J connectivity index is 0. The topological polar surface area (TPSA) is 52.0 Å². The summed E-state index contributed by atoms with van der Waals surface area (Å²) < 4.78 is 0.167. The maximum Gasteiger partial charge on any atom is 2.00 e. The van der Waals surface area contributed by atoms with E-state index in [9.17, 15) is 0 Å². The van der Waals surface area contributed by atoms with Gasteiger partial charge >= 0.3 is 37.7 Å². The first-order valence-electron chi connectivity index (χ1n) is 6.42. The molecule has 0 radical (unpaired) electrons. The average Bonchev–Trinajstić information content (AvgIpc) is 2.46. The van der Waals surface area contributed by atoms with Gasteiger partial charge in [-0.05, 0) is 24.0 Å². The van der Waals surface area contributed by atoms with Crippen molar-refractivity contribution in [2.75, 3.05) is 0 Å². The summed E-state index contributed by atoms with van der Waals surface area (Å²) in [5.41, 5.74) is 12.1. The molecule has 0 heterocycles. The van der Waals surface area contributed by atoms with E-state index < -0.39 is 0 Å². The van der Waals surface area contributed by atoms with Crippen LogP contribution in [0.5, 0.6) is 0 Å². The molecule has 0 unspecified atom stereocenters. The molecular weight excluding hydrogens is 389 g/mol. The zero-order valence-corrected chi connectivity index (χ0v) is 18.2. The fourth-order valence-electron chi connectivity index (χ4n) is 1.58. The molecule has 23 heavy (non-hydrogen) atoms. The molecule has 118 valence electrons. The van der Waals surface area contributed by atoms with Crippen LogP contribution in [0.3, 0.4) is 0 Å². The molecular formula is C16H18CaN2S4. The van der Waals surface area contributed by atoms with E-state index in [1.807, 2.05) is 0 Å². The second-order valence-electron chi connectivity index (χ2n) is 4.11. The zero-order valence-electron chi connectivity index (χ0n) is 12.7. The van der Waals surface area contributed by atoms with Crippen LogP contribution in [-0.4, -0.2) is 46.4 Å². The molecule has 0 spiro atoms. The van der Waals surface area contributed by atoms with Crippen LogP contribution in [0, 0.1) is 0 Å². The van der Waals surface area contributed by atoms with Gasteiger partial charge in [0.2, 0.25) is 0 Å². The van der Waals surface area contributed by atoms with E-state index in [1.165, 1.54) is 11.1 Å². The van der Waals surface area contributed by atoms with Crippen molar-refractivity contribution in [2.45, 2.75) is 12.8 Å². The van der Waals surface area contributed by atoms with E-state index in [4.69, 9.17) is 0 Å². The van der Waals surface area contributed by atoms with Gasteiger partial charge in [0.25, 0.3) is 0 Å². The summed E-state index contributed by atoms with van der Waals surface area (Å²) in [5, 5.41) is 0. The van der Waals surface area contributed by atoms with Crippen molar-refractivity contribution < 1.29 is 0 Å². The van der Waals surface area contributed by atoms with Crippen LogP contribution in [0.15, 0.2) is 60.7 Å². The Labute approximate surface area is 190 Å². The molecule has 0 amide bonds. The maximum absolute atomic E-state index is 4.66. The Bertz CT molecular complexity index is 491. The van der Waals surface area contributed by atoms with Gasteiger partial charge in [-0.25, -0.2) is 0 Å². The van der Waals surface area contributed by atoms with Gasteiger partial charge in [0, 0.05) is 0 Å². The van der Waals surface area contributed by atoms with E-state index in [-0.39, 0.29) is 46.4 Å². The number of aryl methyl sites for hydroxylation is 2. The molecule has 0 saturated carbocycles. The number of benzene rings is 2. The normalized spacial score (nSPS) is 8.17. The molecule has 0 bridgehead atoms. The van der Waals surface area contributed by atoms with Crippen LogP contribution >= 0.6 is 24.4 Å². The largest absolute Gasteiger partial charge is 2.00 e. The van der Waals surface area contributed by atoms with Gasteiger partial charge in [0.15, 0.2) is 0 Å². The number of rotatable bonds is 3. The van der Waals surface area contributed by atoms with Crippen molar-refractivity contribution in [3.63, 3.8) is 0 Å². The molecule has 0 aliphatic rings. The minimum absolute atomic E-state index is 0. The summed E-state index contributed by atoms with van der Waals surface area (Å²) in [6.07, 6.45) is 2.26. The van der Waals surface area contributed by atoms with Crippen LogP contribution < -0.4 is 11.5 Å². The first-order valence-corrected chi connectivity index (χ1v) is 8.06. The molecule has 0 atom stereocenters. The molecule has 0 fully saturated rings. The quantitative estimate of drug-likeness (QED) is 0.464. The molecule has 2 rings (SSSR count). The maximum atomic E-state index is 4.66. The SMILES string of the molecule is NC(=S)[S-].NC(=S)[S-].[Ca+2].c1ccc(CCc2ccccc2)cc1. The smallest absolute Gasteiger partial charge is 0.415 e. The van der Waals surface area contributed by atoms with Crippen LogP contribution in [0.25, 0.3) is 0 Å². The van der Waals surface area contributed by atoms with Crippen molar-refractivity contribution in [3.8, 4) is 0 Å². The monoisotopic (exact) mass is 406 g/mol. The zero-order chi connectivity index (χ0) is 16.8. The van der Waals surface area contributed by atoms with Crippen molar-refractivity contribution in [1.29, 1.82) is 0 Å². The van der Waals surface area contributed by atoms with E-state index in [0.29, 0.717) is 0 Å². The Kier molecular flexibility index (Phi) is 18.3. The average molecular weight is 407 g/mol. The summed E-state index contributed by atoms with van der Waals surface area (Å²) in [6, 6.07) is 21.2. The predicted octanol–water partition coefficient (Wildman–Crippen LogP) is 2.64. The third-order valence-electron chi connectivity index (χ3n) is 2.39. The van der Waals surface area contributed by atoms with E-state index >= 15 is 0 Å². The molecule has 7 heteroatoms. The molecule has 4 N–H and O–H groups in total. The Morgan fingerprint density at radius 1 is 0.696 bits per heavy atom. The number of thiocarbonyl (C=S) groups is 2. The second-order valence-corrected chi connectivity index (χ2v) is 6.39. The molecule has 2 aromatic rings. The molecule has 0 aliphatic carbocycles. The fourth-order valence-corrected chi connectivity index (χ4v) is 1.58. The van der Waals surface area contributed by atoms with Gasteiger partial charge in [-0.1, -0.05) is 69.3 Å². The molecule has 0 saturated heterocycles. The van der Waals surface area contributed by atoms with Crippen LogP contribution in [0.2, 0.25) is 0 Å². The summed E-state index contributed by atoms with van der Waals surface area (Å²) >= 11 is 16.5. The first kappa shape index (κ1) is 25.2. The van der Waals surface area contributed by atoms with Crippen LogP contribution in [0.4, 0.5) is 0 Å². The van der Waals surface area contributed by atoms with Gasteiger partial charge in [-0.2, -0.15) is 0 Å². The minimum atomic E-state index is 0. The van der Waals surface area contributed by atoms with E-state index in [0.717, 1.165) is 12.8 Å². The molecule has 0 aromatic heterocycles. The van der Waals surface area contributed by atoms with Gasteiger partial charge in [0.05, 0.1) is 0 Å². The minimum Gasteiger partial charge on any atom is -0.415 e. The molecule has 2 nitrogen and oxygen atoms in total. The van der Waals surface area contributed by atoms with Gasteiger partial charge in [-0.15, -0.1) is 0 Å². The third kappa shape index (κ3) is 19.9. The van der Waals surface area contributed by atoms with Crippen LogP contribution in [0.1, 0.15) is 11.1 Å². The summed E-state index contributed by atoms with van der Waals surface area (Å²) in [7, 11) is 0. The van der Waals surface area contributed by atoms with E-state index in [2.05, 4.69) is 122 Å². The molecule has 0 aliphatic heterocycles. The summed E-state index contributed by atoms with van der Waals surface area (Å²) in [4.78, 5) is 0. The number of hydrogen-bond acceptors (Lipinski definition) is 4.